The van der Waals surface area contributed by atoms with E-state index in [9.17, 15) is 4.79 Å². The summed E-state index contributed by atoms with van der Waals surface area (Å²) < 4.78 is 27.0. The van der Waals surface area contributed by atoms with Crippen LogP contribution in [0, 0.1) is 0 Å². The molecule has 28 heavy (non-hydrogen) atoms. The molecule has 9 nitrogen and oxygen atoms in total. The molecule has 0 unspecified atom stereocenters. The van der Waals surface area contributed by atoms with E-state index in [-0.39, 0.29) is 11.9 Å². The summed E-state index contributed by atoms with van der Waals surface area (Å²) in [5.74, 6) is 2.04. The predicted octanol–water partition coefficient (Wildman–Crippen LogP) is 2.78. The van der Waals surface area contributed by atoms with Crippen LogP contribution >= 0.6 is 0 Å². The van der Waals surface area contributed by atoms with Crippen LogP contribution < -0.4 is 24.3 Å². The molecule has 1 aliphatic rings. The highest BCUT2D eigenvalue weighted by atomic mass is 16.6. The topological polar surface area (TPSA) is 105 Å². The van der Waals surface area contributed by atoms with Crippen molar-refractivity contribution < 1.29 is 28.2 Å². The Morgan fingerprint density at radius 1 is 1.00 bits per heavy atom. The van der Waals surface area contributed by atoms with Gasteiger partial charge < -0.3 is 23.4 Å². The van der Waals surface area contributed by atoms with Gasteiger partial charge in [-0.1, -0.05) is 5.10 Å². The number of aromatic nitrogens is 2. The zero-order valence-corrected chi connectivity index (χ0v) is 15.2. The Hall–Kier alpha value is -3.75. The van der Waals surface area contributed by atoms with Crippen LogP contribution in [-0.2, 0) is 0 Å². The van der Waals surface area contributed by atoms with Crippen molar-refractivity contribution in [1.82, 2.24) is 10.2 Å². The van der Waals surface area contributed by atoms with Gasteiger partial charge in [-0.05, 0) is 36.4 Å². The maximum atomic E-state index is 12.5. The summed E-state index contributed by atoms with van der Waals surface area (Å²) in [5.41, 5.74) is 0.928. The predicted molar refractivity (Wildman–Crippen MR) is 98.2 cm³/mol. The molecule has 0 saturated carbocycles. The summed E-state index contributed by atoms with van der Waals surface area (Å²) in [6, 6.07) is 10.1. The monoisotopic (exact) mass is 383 g/mol. The van der Waals surface area contributed by atoms with Gasteiger partial charge in [0.25, 0.3) is 11.8 Å². The third-order valence-electron chi connectivity index (χ3n) is 4.09. The van der Waals surface area contributed by atoms with Crippen molar-refractivity contribution in [1.29, 1.82) is 0 Å². The number of nitrogens with one attached hydrogen (secondary N) is 1. The Bertz CT molecular complexity index is 1020. The van der Waals surface area contributed by atoms with Gasteiger partial charge in [0.05, 0.1) is 19.8 Å². The summed E-state index contributed by atoms with van der Waals surface area (Å²) >= 11 is 0. The summed E-state index contributed by atoms with van der Waals surface area (Å²) in [7, 11) is 3.09. The zero-order chi connectivity index (χ0) is 19.5. The fraction of sp³-hybridized carbons (Fsp3) is 0.211. The van der Waals surface area contributed by atoms with Gasteiger partial charge in [0, 0.05) is 5.56 Å². The molecule has 0 saturated heterocycles. The number of carbonyl (C=O) groups is 1. The normalized spacial score (nSPS) is 12.4. The van der Waals surface area contributed by atoms with E-state index in [2.05, 4.69) is 15.5 Å². The number of carbonyl (C=O) groups excluding carboxylic acids is 1. The average Bonchev–Trinajstić information content (AvgIpc) is 3.21. The molecule has 0 spiro atoms. The Morgan fingerprint density at radius 2 is 1.82 bits per heavy atom. The molecule has 3 aromatic rings. The van der Waals surface area contributed by atoms with E-state index in [0.29, 0.717) is 47.3 Å². The molecule has 0 atom stereocenters. The number of anilines is 1. The van der Waals surface area contributed by atoms with Gasteiger partial charge >= 0.3 is 6.01 Å². The van der Waals surface area contributed by atoms with Crippen molar-refractivity contribution >= 4 is 11.9 Å². The Kier molecular flexibility index (Phi) is 4.71. The van der Waals surface area contributed by atoms with Gasteiger partial charge in [0.15, 0.2) is 11.5 Å². The molecule has 1 N–H and O–H groups in total. The molecule has 9 heteroatoms. The van der Waals surface area contributed by atoms with Crippen LogP contribution in [0.2, 0.25) is 0 Å². The van der Waals surface area contributed by atoms with E-state index in [1.165, 1.54) is 7.11 Å². The molecule has 0 radical (unpaired) electrons. The molecular weight excluding hydrogens is 366 g/mol. The van der Waals surface area contributed by atoms with Gasteiger partial charge in [0.1, 0.15) is 24.7 Å². The summed E-state index contributed by atoms with van der Waals surface area (Å²) in [6.45, 7) is 0.921. The van der Waals surface area contributed by atoms with E-state index in [1.54, 1.807) is 43.5 Å². The number of benzene rings is 2. The van der Waals surface area contributed by atoms with Crippen LogP contribution in [0.3, 0.4) is 0 Å². The molecule has 0 aliphatic carbocycles. The van der Waals surface area contributed by atoms with Crippen molar-refractivity contribution in [2.45, 2.75) is 0 Å². The highest BCUT2D eigenvalue weighted by Crippen LogP contribution is 2.34. The molecule has 1 amide bonds. The van der Waals surface area contributed by atoms with Crippen LogP contribution in [0.5, 0.6) is 23.0 Å². The molecule has 0 bridgehead atoms. The minimum absolute atomic E-state index is 0.0419. The van der Waals surface area contributed by atoms with Crippen LogP contribution in [0.1, 0.15) is 10.4 Å². The van der Waals surface area contributed by atoms with E-state index in [1.807, 2.05) is 0 Å². The molecule has 144 valence electrons. The van der Waals surface area contributed by atoms with E-state index in [0.717, 1.165) is 0 Å². The fourth-order valence-electron chi connectivity index (χ4n) is 2.72. The van der Waals surface area contributed by atoms with E-state index >= 15 is 0 Å². The number of ether oxygens (including phenoxy) is 4. The lowest BCUT2D eigenvalue weighted by Crippen LogP contribution is -2.17. The van der Waals surface area contributed by atoms with Gasteiger partial charge in [-0.15, -0.1) is 5.10 Å². The van der Waals surface area contributed by atoms with Gasteiger partial charge in [-0.25, -0.2) is 0 Å². The minimum atomic E-state index is -0.412. The van der Waals surface area contributed by atoms with E-state index < -0.39 is 5.91 Å². The SMILES string of the molecule is COc1ccc(OC)c(-c2nnc(NC(=O)c3ccc4c(c3)OCCO4)o2)c1. The number of amides is 1. The highest BCUT2D eigenvalue weighted by Gasteiger charge is 2.19. The number of hydrogen-bond acceptors (Lipinski definition) is 8. The quantitative estimate of drug-likeness (QED) is 0.717. The second kappa shape index (κ2) is 7.47. The number of fused-ring (bicyclic) bond motifs is 1. The van der Waals surface area contributed by atoms with Gasteiger partial charge in [-0.2, -0.15) is 0 Å². The molecule has 2 aromatic carbocycles. The first-order valence-corrected chi connectivity index (χ1v) is 8.45. The van der Waals surface area contributed by atoms with Gasteiger partial charge in [0.2, 0.25) is 0 Å². The largest absolute Gasteiger partial charge is 0.497 e. The number of hydrogen-bond donors (Lipinski definition) is 1. The number of rotatable bonds is 5. The van der Waals surface area contributed by atoms with Crippen molar-refractivity contribution in [3.8, 4) is 34.5 Å². The second-order valence-corrected chi connectivity index (χ2v) is 5.79. The van der Waals surface area contributed by atoms with Crippen molar-refractivity contribution in [2.75, 3.05) is 32.8 Å². The zero-order valence-electron chi connectivity index (χ0n) is 15.2. The molecule has 1 aliphatic heterocycles. The Balaban J connectivity index is 1.55. The first-order valence-electron chi connectivity index (χ1n) is 8.45. The first kappa shape index (κ1) is 17.7. The highest BCUT2D eigenvalue weighted by molar-refractivity contribution is 6.03. The van der Waals surface area contributed by atoms with Gasteiger partial charge in [-0.3, -0.25) is 10.1 Å². The molecular formula is C19H17N3O6. The van der Waals surface area contributed by atoms with Crippen LogP contribution in [0.4, 0.5) is 6.01 Å². The lowest BCUT2D eigenvalue weighted by Gasteiger charge is -2.18. The lowest BCUT2D eigenvalue weighted by molar-refractivity contribution is 0.102. The smallest absolute Gasteiger partial charge is 0.322 e. The third kappa shape index (κ3) is 3.41. The van der Waals surface area contributed by atoms with E-state index in [4.69, 9.17) is 23.4 Å². The Morgan fingerprint density at radius 3 is 2.61 bits per heavy atom. The molecule has 2 heterocycles. The van der Waals surface area contributed by atoms with Crippen molar-refractivity contribution in [3.63, 3.8) is 0 Å². The number of nitrogens with zero attached hydrogens (tertiary/aromatic N) is 2. The molecule has 4 rings (SSSR count). The van der Waals surface area contributed by atoms with Crippen LogP contribution in [0.25, 0.3) is 11.5 Å². The summed E-state index contributed by atoms with van der Waals surface area (Å²) in [4.78, 5) is 12.5. The fourth-order valence-corrected chi connectivity index (χ4v) is 2.72. The second-order valence-electron chi connectivity index (χ2n) is 5.79. The number of methoxy groups -OCH3 is 2. The molecule has 0 fully saturated rings. The Labute approximate surface area is 160 Å². The minimum Gasteiger partial charge on any atom is -0.497 e. The third-order valence-corrected chi connectivity index (χ3v) is 4.09. The lowest BCUT2D eigenvalue weighted by atomic mass is 10.2. The summed E-state index contributed by atoms with van der Waals surface area (Å²) in [5, 5.41) is 10.4. The summed E-state index contributed by atoms with van der Waals surface area (Å²) in [6.07, 6.45) is 0. The van der Waals surface area contributed by atoms with Crippen molar-refractivity contribution in [3.05, 3.63) is 42.0 Å². The maximum Gasteiger partial charge on any atom is 0.322 e. The van der Waals surface area contributed by atoms with Crippen LogP contribution in [-0.4, -0.2) is 43.5 Å². The first-order chi connectivity index (χ1) is 13.7. The average molecular weight is 383 g/mol. The van der Waals surface area contributed by atoms with Crippen LogP contribution in [0.15, 0.2) is 40.8 Å². The standard InChI is InChI=1S/C19H17N3O6/c1-24-12-4-6-14(25-2)13(10-12)18-21-22-19(28-18)20-17(23)11-3-5-15-16(9-11)27-8-7-26-15/h3-6,9-10H,7-8H2,1-2H3,(H,20,22,23). The van der Waals surface area contributed by atoms with Crippen molar-refractivity contribution in [2.24, 2.45) is 0 Å². The molecule has 1 aromatic heterocycles. The maximum absolute atomic E-state index is 12.5.